The number of hydrogen-bond donors (Lipinski definition) is 2. The van der Waals surface area contributed by atoms with Crippen molar-refractivity contribution in [2.75, 3.05) is 12.4 Å². The molecule has 0 aliphatic carbocycles. The van der Waals surface area contributed by atoms with E-state index in [9.17, 15) is 9.59 Å². The Bertz CT molecular complexity index is 1060. The normalized spacial score (nSPS) is 11.9. The number of aryl methyl sites for hydroxylation is 1. The number of nitrogens with zero attached hydrogens (tertiary/aromatic N) is 1. The first-order valence-electron chi connectivity index (χ1n) is 8.94. The van der Waals surface area contributed by atoms with Crippen molar-refractivity contribution in [1.29, 1.82) is 0 Å². The topological polar surface area (TPSA) is 88.2 Å². The van der Waals surface area contributed by atoms with Gasteiger partial charge in [0.15, 0.2) is 0 Å². The number of H-pyrrole nitrogens is 1. The van der Waals surface area contributed by atoms with E-state index in [2.05, 4.69) is 10.6 Å². The molecule has 1 aromatic heterocycles. The summed E-state index contributed by atoms with van der Waals surface area (Å²) < 4.78 is 11.6. The zero-order valence-electron chi connectivity index (χ0n) is 16.2. The molecule has 3 aromatic rings. The van der Waals surface area contributed by atoms with Crippen LogP contribution in [0.2, 0.25) is 5.02 Å². The number of benzene rings is 2. The van der Waals surface area contributed by atoms with Gasteiger partial charge < -0.3 is 10.1 Å². The van der Waals surface area contributed by atoms with Gasteiger partial charge in [-0.15, -0.1) is 0 Å². The number of nitrogens with one attached hydrogen (secondary N) is 2. The lowest BCUT2D eigenvalue weighted by Crippen LogP contribution is -2.37. The van der Waals surface area contributed by atoms with E-state index in [1.165, 1.54) is 4.68 Å². The van der Waals surface area contributed by atoms with E-state index in [0.717, 1.165) is 17.3 Å². The molecule has 2 N–H and O–H groups in total. The molecule has 29 heavy (non-hydrogen) atoms. The molecule has 0 saturated heterocycles. The summed E-state index contributed by atoms with van der Waals surface area (Å²) in [6.45, 7) is 3.77. The van der Waals surface area contributed by atoms with Crippen LogP contribution >= 0.6 is 23.4 Å². The molecule has 9 heteroatoms. The zero-order valence-corrected chi connectivity index (χ0v) is 17.8. The van der Waals surface area contributed by atoms with E-state index in [1.807, 2.05) is 19.9 Å². The Balaban J connectivity index is 1.83. The van der Waals surface area contributed by atoms with E-state index in [1.54, 1.807) is 43.5 Å². The molecule has 1 unspecified atom stereocenters. The van der Waals surface area contributed by atoms with Crippen LogP contribution in [0, 0.1) is 6.92 Å². The smallest absolute Gasteiger partial charge is 0.442 e. The fraction of sp³-hybridized carbons (Fsp3) is 0.250. The predicted molar refractivity (Wildman–Crippen MR) is 112 cm³/mol. The standard InChI is InChI=1S/C20H20ClN3O4S/c1-4-17(18(25)22-16-11-13(21)6-5-12(16)2)29-19-20(26)28-23-24(19)14-7-9-15(27-3)10-8-14/h5-11,17H,4H2,1-3H3,(H-,22,23,25,26)/p+1. The van der Waals surface area contributed by atoms with E-state index in [-0.39, 0.29) is 10.9 Å². The maximum atomic E-state index is 12.8. The third-order valence-electron chi connectivity index (χ3n) is 4.31. The van der Waals surface area contributed by atoms with E-state index < -0.39 is 10.9 Å². The molecular weight excluding hydrogens is 414 g/mol. The maximum absolute atomic E-state index is 12.8. The lowest BCUT2D eigenvalue weighted by Gasteiger charge is -2.14. The van der Waals surface area contributed by atoms with Crippen molar-refractivity contribution in [2.24, 2.45) is 0 Å². The lowest BCUT2D eigenvalue weighted by molar-refractivity contribution is -0.704. The zero-order chi connectivity index (χ0) is 21.0. The van der Waals surface area contributed by atoms with Gasteiger partial charge in [0.2, 0.25) is 11.6 Å². The molecule has 1 amide bonds. The molecule has 0 saturated carbocycles. The monoisotopic (exact) mass is 434 g/mol. The number of aromatic nitrogens is 2. The number of carbonyl (C=O) groups is 1. The highest BCUT2D eigenvalue weighted by Gasteiger charge is 2.30. The molecule has 152 valence electrons. The number of rotatable bonds is 7. The molecule has 1 atom stereocenters. The van der Waals surface area contributed by atoms with Crippen LogP contribution in [0.25, 0.3) is 5.69 Å². The third kappa shape index (κ3) is 4.83. The maximum Gasteiger partial charge on any atom is 0.442 e. The van der Waals surface area contributed by atoms with Gasteiger partial charge in [-0.1, -0.05) is 24.6 Å². The second-order valence-corrected chi connectivity index (χ2v) is 7.91. The molecule has 0 fully saturated rings. The summed E-state index contributed by atoms with van der Waals surface area (Å²) in [6.07, 6.45) is 0.517. The fourth-order valence-corrected chi connectivity index (χ4v) is 3.82. The number of ether oxygens (including phenoxy) is 1. The van der Waals surface area contributed by atoms with Crippen LogP contribution in [0.1, 0.15) is 18.9 Å². The Morgan fingerprint density at radius 3 is 2.69 bits per heavy atom. The molecular formula is C20H21ClN3O4S+. The van der Waals surface area contributed by atoms with Gasteiger partial charge in [0, 0.05) is 22.8 Å². The van der Waals surface area contributed by atoms with Crippen molar-refractivity contribution < 1.29 is 18.7 Å². The Hall–Kier alpha value is -2.71. The number of thioether (sulfide) groups is 1. The second kappa shape index (κ2) is 9.19. The van der Waals surface area contributed by atoms with Gasteiger partial charge in [0.25, 0.3) is 0 Å². The molecule has 3 rings (SSSR count). The molecule has 0 aliphatic rings. The first kappa shape index (κ1) is 21.0. The van der Waals surface area contributed by atoms with Crippen LogP contribution in [0.3, 0.4) is 0 Å². The molecule has 0 spiro atoms. The summed E-state index contributed by atoms with van der Waals surface area (Å²) in [5.74, 6) is 0.474. The van der Waals surface area contributed by atoms with Crippen molar-refractivity contribution in [3.8, 4) is 11.4 Å². The van der Waals surface area contributed by atoms with Gasteiger partial charge in [0.05, 0.1) is 12.4 Å². The third-order valence-corrected chi connectivity index (χ3v) is 5.95. The average Bonchev–Trinajstić information content (AvgIpc) is 3.09. The Labute approximate surface area is 177 Å². The van der Waals surface area contributed by atoms with Crippen LogP contribution < -0.4 is 20.4 Å². The lowest BCUT2D eigenvalue weighted by atomic mass is 10.2. The Kier molecular flexibility index (Phi) is 6.66. The predicted octanol–water partition coefficient (Wildman–Crippen LogP) is 3.72. The van der Waals surface area contributed by atoms with Gasteiger partial charge >= 0.3 is 10.7 Å². The van der Waals surface area contributed by atoms with Gasteiger partial charge in [-0.2, -0.15) is 0 Å². The summed E-state index contributed by atoms with van der Waals surface area (Å²) in [6, 6.07) is 12.4. The number of anilines is 1. The Morgan fingerprint density at radius 2 is 2.03 bits per heavy atom. The average molecular weight is 435 g/mol. The second-order valence-electron chi connectivity index (χ2n) is 6.28. The molecule has 2 aromatic carbocycles. The van der Waals surface area contributed by atoms with Crippen molar-refractivity contribution in [1.82, 2.24) is 5.27 Å². The van der Waals surface area contributed by atoms with Gasteiger partial charge in [0.1, 0.15) is 5.75 Å². The largest absolute Gasteiger partial charge is 0.497 e. The number of amides is 1. The van der Waals surface area contributed by atoms with Gasteiger partial charge in [-0.3, -0.25) is 9.32 Å². The minimum atomic E-state index is -0.545. The first-order chi connectivity index (χ1) is 13.9. The van der Waals surface area contributed by atoms with Gasteiger partial charge in [-0.25, -0.2) is 4.79 Å². The SMILES string of the molecule is CCC(Sc1c(=O)o[nH][n+]1-c1ccc(OC)cc1)C(=O)Nc1cc(Cl)ccc1C. The van der Waals surface area contributed by atoms with Crippen molar-refractivity contribution in [3.63, 3.8) is 0 Å². The summed E-state index contributed by atoms with van der Waals surface area (Å²) >= 11 is 7.17. The van der Waals surface area contributed by atoms with Crippen molar-refractivity contribution in [3.05, 3.63) is 63.5 Å². The molecule has 0 radical (unpaired) electrons. The number of halogens is 1. The number of aromatic amines is 1. The highest BCUT2D eigenvalue weighted by Crippen LogP contribution is 2.25. The van der Waals surface area contributed by atoms with Crippen LogP contribution in [0.4, 0.5) is 5.69 Å². The van der Waals surface area contributed by atoms with Crippen LogP contribution in [-0.2, 0) is 4.79 Å². The fourth-order valence-electron chi connectivity index (χ4n) is 2.66. The minimum Gasteiger partial charge on any atom is -0.497 e. The molecule has 7 nitrogen and oxygen atoms in total. The minimum absolute atomic E-state index is 0.218. The van der Waals surface area contributed by atoms with Crippen molar-refractivity contribution in [2.45, 2.75) is 30.5 Å². The van der Waals surface area contributed by atoms with Crippen molar-refractivity contribution >= 4 is 35.0 Å². The summed E-state index contributed by atoms with van der Waals surface area (Å²) in [5, 5.41) is 5.79. The van der Waals surface area contributed by atoms with Crippen LogP contribution in [0.15, 0.2) is 56.8 Å². The Morgan fingerprint density at radius 1 is 1.31 bits per heavy atom. The first-order valence-corrected chi connectivity index (χ1v) is 10.2. The van der Waals surface area contributed by atoms with Crippen LogP contribution in [0.5, 0.6) is 5.75 Å². The number of carbonyl (C=O) groups excluding carboxylic acids is 1. The van der Waals surface area contributed by atoms with E-state index in [4.69, 9.17) is 20.9 Å². The summed E-state index contributed by atoms with van der Waals surface area (Å²) in [7, 11) is 1.58. The summed E-state index contributed by atoms with van der Waals surface area (Å²) in [4.78, 5) is 25.1. The summed E-state index contributed by atoms with van der Waals surface area (Å²) in [5.41, 5.74) is 1.68. The highest BCUT2D eigenvalue weighted by atomic mass is 35.5. The molecule has 1 heterocycles. The van der Waals surface area contributed by atoms with E-state index in [0.29, 0.717) is 28.6 Å². The van der Waals surface area contributed by atoms with E-state index >= 15 is 0 Å². The van der Waals surface area contributed by atoms with Gasteiger partial charge in [-0.05, 0) is 64.9 Å². The molecule has 0 aliphatic heterocycles. The number of methoxy groups -OCH3 is 1. The highest BCUT2D eigenvalue weighted by molar-refractivity contribution is 8.00. The molecule has 0 bridgehead atoms. The number of hydrogen-bond acceptors (Lipinski definition) is 5. The van der Waals surface area contributed by atoms with Crippen LogP contribution in [-0.4, -0.2) is 23.5 Å². The quantitative estimate of drug-likeness (QED) is 0.437.